The highest BCUT2D eigenvalue weighted by atomic mass is 16.2. The van der Waals surface area contributed by atoms with Crippen molar-refractivity contribution in [2.45, 2.75) is 38.3 Å². The second-order valence-corrected chi connectivity index (χ2v) is 6.83. The summed E-state index contributed by atoms with van der Waals surface area (Å²) in [5.74, 6) is 0.546. The van der Waals surface area contributed by atoms with Crippen LogP contribution in [0.1, 0.15) is 31.2 Å². The highest BCUT2D eigenvalue weighted by Crippen LogP contribution is 2.28. The number of benzene rings is 2. The molecule has 0 radical (unpaired) electrons. The summed E-state index contributed by atoms with van der Waals surface area (Å²) in [5, 5.41) is 0. The van der Waals surface area contributed by atoms with Crippen molar-refractivity contribution in [2.24, 2.45) is 11.7 Å². The Morgan fingerprint density at radius 3 is 2.50 bits per heavy atom. The van der Waals surface area contributed by atoms with Gasteiger partial charge in [-0.2, -0.15) is 0 Å². The lowest BCUT2D eigenvalue weighted by Crippen LogP contribution is -2.32. The van der Waals surface area contributed by atoms with E-state index in [4.69, 9.17) is 5.73 Å². The van der Waals surface area contributed by atoms with Crippen molar-refractivity contribution in [3.8, 4) is 11.1 Å². The average molecular weight is 322 g/mol. The Bertz CT molecular complexity index is 683. The number of rotatable bonds is 5. The Morgan fingerprint density at radius 1 is 1.08 bits per heavy atom. The number of nitrogens with two attached hydrogens (primary N) is 1. The van der Waals surface area contributed by atoms with Crippen molar-refractivity contribution in [3.05, 3.63) is 60.2 Å². The molecule has 2 N–H and O–H groups in total. The van der Waals surface area contributed by atoms with Crippen LogP contribution in [0.2, 0.25) is 0 Å². The lowest BCUT2D eigenvalue weighted by Gasteiger charge is -2.22. The Hall–Kier alpha value is -2.13. The minimum atomic E-state index is 0.193. The van der Waals surface area contributed by atoms with Crippen molar-refractivity contribution in [3.63, 3.8) is 0 Å². The molecule has 3 nitrogen and oxygen atoms in total. The van der Waals surface area contributed by atoms with E-state index in [0.717, 1.165) is 19.3 Å². The molecule has 3 heteroatoms. The number of hydrogen-bond acceptors (Lipinski definition) is 2. The van der Waals surface area contributed by atoms with Gasteiger partial charge in [0.15, 0.2) is 0 Å². The third-order valence-electron chi connectivity index (χ3n) is 5.09. The molecule has 0 aliphatic heterocycles. The smallest absolute Gasteiger partial charge is 0.222 e. The molecule has 24 heavy (non-hydrogen) atoms. The molecule has 1 aliphatic carbocycles. The molecule has 1 fully saturated rings. The fourth-order valence-corrected chi connectivity index (χ4v) is 3.60. The zero-order chi connectivity index (χ0) is 16.9. The third kappa shape index (κ3) is 3.85. The van der Waals surface area contributed by atoms with Crippen LogP contribution in [-0.2, 0) is 11.3 Å². The van der Waals surface area contributed by atoms with E-state index < -0.39 is 0 Å². The van der Waals surface area contributed by atoms with Gasteiger partial charge >= 0.3 is 0 Å². The van der Waals surface area contributed by atoms with Gasteiger partial charge < -0.3 is 10.6 Å². The van der Waals surface area contributed by atoms with Gasteiger partial charge in [-0.15, -0.1) is 0 Å². The third-order valence-corrected chi connectivity index (χ3v) is 5.09. The van der Waals surface area contributed by atoms with Crippen LogP contribution in [-0.4, -0.2) is 23.9 Å². The Kier molecular flexibility index (Phi) is 5.31. The molecule has 2 aromatic rings. The highest BCUT2D eigenvalue weighted by molar-refractivity contribution is 5.77. The first kappa shape index (κ1) is 16.7. The molecule has 1 saturated carbocycles. The van der Waals surface area contributed by atoms with Crippen LogP contribution >= 0.6 is 0 Å². The zero-order valence-corrected chi connectivity index (χ0v) is 14.3. The van der Waals surface area contributed by atoms with Crippen molar-refractivity contribution in [2.75, 3.05) is 7.05 Å². The molecule has 0 saturated heterocycles. The first-order valence-electron chi connectivity index (χ1n) is 8.78. The summed E-state index contributed by atoms with van der Waals surface area (Å²) in [6, 6.07) is 18.8. The summed E-state index contributed by atoms with van der Waals surface area (Å²) in [5.41, 5.74) is 9.66. The molecular weight excluding hydrogens is 296 g/mol. The van der Waals surface area contributed by atoms with Gasteiger partial charge in [0.05, 0.1) is 0 Å². The summed E-state index contributed by atoms with van der Waals surface area (Å²) in [7, 11) is 1.89. The van der Waals surface area contributed by atoms with E-state index in [9.17, 15) is 4.79 Å². The maximum absolute atomic E-state index is 12.6. The first-order valence-corrected chi connectivity index (χ1v) is 8.78. The van der Waals surface area contributed by atoms with Crippen LogP contribution in [0.15, 0.2) is 54.6 Å². The largest absolute Gasteiger partial charge is 0.341 e. The van der Waals surface area contributed by atoms with Crippen molar-refractivity contribution in [1.82, 2.24) is 4.90 Å². The maximum atomic E-state index is 12.6. The number of carbonyl (C=O) groups is 1. The normalized spacial score (nSPS) is 20.1. The summed E-state index contributed by atoms with van der Waals surface area (Å²) >= 11 is 0. The van der Waals surface area contributed by atoms with Crippen LogP contribution in [0.5, 0.6) is 0 Å². The van der Waals surface area contributed by atoms with Crippen LogP contribution < -0.4 is 5.73 Å². The SMILES string of the molecule is CN(Cc1ccccc1-c1ccccc1)C(=O)C[C@@H]1CCC[C@H]1N. The van der Waals surface area contributed by atoms with Crippen molar-refractivity contribution >= 4 is 5.91 Å². The van der Waals surface area contributed by atoms with Crippen LogP contribution in [0, 0.1) is 5.92 Å². The van der Waals surface area contributed by atoms with E-state index in [0.29, 0.717) is 18.9 Å². The second kappa shape index (κ2) is 7.63. The predicted molar refractivity (Wildman–Crippen MR) is 98.3 cm³/mol. The molecule has 0 bridgehead atoms. The monoisotopic (exact) mass is 322 g/mol. The lowest BCUT2D eigenvalue weighted by atomic mass is 9.98. The zero-order valence-electron chi connectivity index (χ0n) is 14.3. The lowest BCUT2D eigenvalue weighted by molar-refractivity contribution is -0.131. The van der Waals surface area contributed by atoms with Crippen LogP contribution in [0.25, 0.3) is 11.1 Å². The molecule has 2 atom stereocenters. The number of nitrogens with zero attached hydrogens (tertiary/aromatic N) is 1. The van der Waals surface area contributed by atoms with Crippen molar-refractivity contribution in [1.29, 1.82) is 0 Å². The first-order chi connectivity index (χ1) is 11.6. The minimum Gasteiger partial charge on any atom is -0.341 e. The summed E-state index contributed by atoms with van der Waals surface area (Å²) in [4.78, 5) is 14.4. The highest BCUT2D eigenvalue weighted by Gasteiger charge is 2.27. The van der Waals surface area contributed by atoms with E-state index in [2.05, 4.69) is 24.3 Å². The molecule has 1 aliphatic rings. The fraction of sp³-hybridized carbons (Fsp3) is 0.381. The topological polar surface area (TPSA) is 46.3 Å². The molecule has 0 unspecified atom stereocenters. The predicted octanol–water partition coefficient (Wildman–Crippen LogP) is 3.83. The summed E-state index contributed by atoms with van der Waals surface area (Å²) in [6.07, 6.45) is 3.87. The van der Waals surface area contributed by atoms with Gasteiger partial charge in [0.2, 0.25) is 5.91 Å². The molecule has 126 valence electrons. The second-order valence-electron chi connectivity index (χ2n) is 6.83. The molecular formula is C21H26N2O. The van der Waals surface area contributed by atoms with Gasteiger partial charge in [0.25, 0.3) is 0 Å². The van der Waals surface area contributed by atoms with E-state index in [-0.39, 0.29) is 11.9 Å². The molecule has 0 heterocycles. The van der Waals surface area contributed by atoms with E-state index in [1.54, 1.807) is 0 Å². The van der Waals surface area contributed by atoms with Gasteiger partial charge in [-0.1, -0.05) is 61.0 Å². The van der Waals surface area contributed by atoms with E-state index in [1.807, 2.05) is 42.3 Å². The Morgan fingerprint density at radius 2 is 1.79 bits per heavy atom. The standard InChI is InChI=1S/C21H26N2O/c1-23(21(24)14-17-11-7-13-20(17)22)15-18-10-5-6-12-19(18)16-8-3-2-4-9-16/h2-6,8-10,12,17,20H,7,11,13-15,22H2,1H3/t17-,20+/m0/s1. The van der Waals surface area contributed by atoms with Gasteiger partial charge in [-0.25, -0.2) is 0 Å². The number of hydrogen-bond donors (Lipinski definition) is 1. The number of amides is 1. The van der Waals surface area contributed by atoms with Gasteiger partial charge in [-0.05, 0) is 35.4 Å². The fourth-order valence-electron chi connectivity index (χ4n) is 3.60. The molecule has 0 aromatic heterocycles. The maximum Gasteiger partial charge on any atom is 0.222 e. The molecule has 0 spiro atoms. The van der Waals surface area contributed by atoms with E-state index in [1.165, 1.54) is 16.7 Å². The minimum absolute atomic E-state index is 0.193. The van der Waals surface area contributed by atoms with Crippen molar-refractivity contribution < 1.29 is 4.79 Å². The number of carbonyl (C=O) groups excluding carboxylic acids is 1. The van der Waals surface area contributed by atoms with Crippen LogP contribution in [0.3, 0.4) is 0 Å². The molecule has 2 aromatic carbocycles. The Labute approximate surface area is 144 Å². The quantitative estimate of drug-likeness (QED) is 0.909. The van der Waals surface area contributed by atoms with Gasteiger partial charge in [-0.3, -0.25) is 4.79 Å². The molecule has 1 amide bonds. The van der Waals surface area contributed by atoms with E-state index >= 15 is 0 Å². The van der Waals surface area contributed by atoms with Gasteiger partial charge in [0.1, 0.15) is 0 Å². The molecule has 3 rings (SSSR count). The Balaban J connectivity index is 1.70. The summed E-state index contributed by atoms with van der Waals surface area (Å²) < 4.78 is 0. The summed E-state index contributed by atoms with van der Waals surface area (Å²) in [6.45, 7) is 0.631. The average Bonchev–Trinajstić information content (AvgIpc) is 3.01. The van der Waals surface area contributed by atoms with Gasteiger partial charge in [0, 0.05) is 26.1 Å². The van der Waals surface area contributed by atoms with Crippen LogP contribution in [0.4, 0.5) is 0 Å².